The molecule has 4 heterocycles. The van der Waals surface area contributed by atoms with Crippen molar-refractivity contribution in [3.05, 3.63) is 59.2 Å². The van der Waals surface area contributed by atoms with E-state index in [2.05, 4.69) is 27.2 Å². The SMILES string of the molecule is Nc1ccc(C2CCN(C[C@@H]3CCN(c4ccc5c(c4)C(=O)N(C4CCC(=O)NC4=O)C5=O)C3)CC2)cc1. The van der Waals surface area contributed by atoms with Crippen molar-refractivity contribution in [1.82, 2.24) is 15.1 Å². The quantitative estimate of drug-likeness (QED) is 0.464. The summed E-state index contributed by atoms with van der Waals surface area (Å²) in [7, 11) is 0. The molecule has 38 heavy (non-hydrogen) atoms. The molecular weight excluding hydrogens is 482 g/mol. The van der Waals surface area contributed by atoms with Gasteiger partial charge in [0.2, 0.25) is 11.8 Å². The summed E-state index contributed by atoms with van der Waals surface area (Å²) in [6.45, 7) is 5.07. The standard InChI is InChI=1S/C29H33N5O4/c30-21-3-1-19(2-4-21)20-10-12-32(13-11-20)16-18-9-14-33(17-18)22-5-6-23-24(15-22)29(38)34(28(23)37)25-7-8-26(35)31-27(25)36/h1-6,15,18,20,25H,7-14,16-17,30H2,(H,31,35,36)/t18-,25?/m0/s1. The van der Waals surface area contributed by atoms with Crippen molar-refractivity contribution < 1.29 is 19.2 Å². The lowest BCUT2D eigenvalue weighted by atomic mass is 9.89. The monoisotopic (exact) mass is 515 g/mol. The number of benzene rings is 2. The number of piperidine rings is 2. The Morgan fingerprint density at radius 1 is 0.842 bits per heavy atom. The summed E-state index contributed by atoms with van der Waals surface area (Å²) in [5.74, 6) is -0.739. The molecule has 4 aliphatic heterocycles. The fourth-order valence-corrected chi connectivity index (χ4v) is 6.45. The highest BCUT2D eigenvalue weighted by Crippen LogP contribution is 2.34. The van der Waals surface area contributed by atoms with Crippen LogP contribution < -0.4 is 16.0 Å². The van der Waals surface area contributed by atoms with Gasteiger partial charge in [0, 0.05) is 37.4 Å². The van der Waals surface area contributed by atoms with Gasteiger partial charge < -0.3 is 15.5 Å². The molecule has 0 bridgehead atoms. The number of imide groups is 2. The number of nitrogens with one attached hydrogen (secondary N) is 1. The van der Waals surface area contributed by atoms with Crippen LogP contribution in [-0.2, 0) is 9.59 Å². The molecule has 198 valence electrons. The van der Waals surface area contributed by atoms with Gasteiger partial charge in [0.25, 0.3) is 11.8 Å². The van der Waals surface area contributed by atoms with Gasteiger partial charge in [0.1, 0.15) is 6.04 Å². The summed E-state index contributed by atoms with van der Waals surface area (Å²) in [5, 5.41) is 2.24. The molecule has 0 aliphatic carbocycles. The van der Waals surface area contributed by atoms with Crippen molar-refractivity contribution in [1.29, 1.82) is 0 Å². The summed E-state index contributed by atoms with van der Waals surface area (Å²) < 4.78 is 0. The third-order valence-electron chi connectivity index (χ3n) is 8.59. The third kappa shape index (κ3) is 4.55. The van der Waals surface area contributed by atoms with E-state index in [0.29, 0.717) is 23.0 Å². The Hall–Kier alpha value is -3.72. The van der Waals surface area contributed by atoms with Gasteiger partial charge in [-0.05, 0) is 86.5 Å². The number of hydrogen-bond donors (Lipinski definition) is 2. The molecule has 9 heteroatoms. The Bertz CT molecular complexity index is 1280. The van der Waals surface area contributed by atoms with Gasteiger partial charge in [-0.15, -0.1) is 0 Å². The van der Waals surface area contributed by atoms with Crippen LogP contribution in [0.25, 0.3) is 0 Å². The van der Waals surface area contributed by atoms with Crippen LogP contribution in [0.2, 0.25) is 0 Å². The maximum absolute atomic E-state index is 13.2. The molecule has 0 aromatic heterocycles. The number of nitrogens with zero attached hydrogens (tertiary/aromatic N) is 3. The van der Waals surface area contributed by atoms with Crippen LogP contribution in [0.1, 0.15) is 64.3 Å². The zero-order valence-electron chi connectivity index (χ0n) is 21.4. The van der Waals surface area contributed by atoms with Crippen LogP contribution in [0, 0.1) is 5.92 Å². The largest absolute Gasteiger partial charge is 0.399 e. The molecule has 0 radical (unpaired) electrons. The number of fused-ring (bicyclic) bond motifs is 1. The van der Waals surface area contributed by atoms with Crippen molar-refractivity contribution in [2.24, 2.45) is 5.92 Å². The number of nitrogens with two attached hydrogens (primary N) is 1. The number of amides is 4. The molecule has 4 amide bonds. The topological polar surface area (TPSA) is 116 Å². The van der Waals surface area contributed by atoms with Crippen molar-refractivity contribution in [2.45, 2.75) is 44.1 Å². The normalized spacial score (nSPS) is 24.7. The van der Waals surface area contributed by atoms with E-state index >= 15 is 0 Å². The highest BCUT2D eigenvalue weighted by molar-refractivity contribution is 6.23. The fraction of sp³-hybridized carbons (Fsp3) is 0.448. The Balaban J connectivity index is 1.06. The maximum atomic E-state index is 13.2. The zero-order valence-corrected chi connectivity index (χ0v) is 21.4. The van der Waals surface area contributed by atoms with Crippen LogP contribution in [0.15, 0.2) is 42.5 Å². The third-order valence-corrected chi connectivity index (χ3v) is 8.59. The van der Waals surface area contributed by atoms with E-state index in [0.717, 1.165) is 68.3 Å². The molecule has 3 N–H and O–H groups in total. The Kier molecular flexibility index (Phi) is 6.39. The van der Waals surface area contributed by atoms with E-state index in [1.54, 1.807) is 12.1 Å². The smallest absolute Gasteiger partial charge is 0.262 e. The first kappa shape index (κ1) is 24.6. The van der Waals surface area contributed by atoms with Gasteiger partial charge in [0.05, 0.1) is 11.1 Å². The molecule has 2 aromatic rings. The number of nitrogen functional groups attached to an aromatic ring is 1. The van der Waals surface area contributed by atoms with Crippen LogP contribution >= 0.6 is 0 Å². The van der Waals surface area contributed by atoms with Gasteiger partial charge >= 0.3 is 0 Å². The average Bonchev–Trinajstić information content (AvgIpc) is 3.48. The van der Waals surface area contributed by atoms with E-state index in [-0.39, 0.29) is 18.7 Å². The first-order chi connectivity index (χ1) is 18.4. The molecule has 0 saturated carbocycles. The van der Waals surface area contributed by atoms with Crippen LogP contribution in [0.4, 0.5) is 11.4 Å². The summed E-state index contributed by atoms with van der Waals surface area (Å²) in [4.78, 5) is 55.9. The van der Waals surface area contributed by atoms with Crippen molar-refractivity contribution in [3.63, 3.8) is 0 Å². The highest BCUT2D eigenvalue weighted by Gasteiger charge is 2.45. The minimum Gasteiger partial charge on any atom is -0.399 e. The summed E-state index contributed by atoms with van der Waals surface area (Å²) in [6, 6.07) is 12.7. The molecule has 4 aliphatic rings. The minimum absolute atomic E-state index is 0.114. The average molecular weight is 516 g/mol. The predicted molar refractivity (Wildman–Crippen MR) is 143 cm³/mol. The number of rotatable bonds is 5. The Labute approximate surface area is 221 Å². The fourth-order valence-electron chi connectivity index (χ4n) is 6.45. The molecule has 6 rings (SSSR count). The molecule has 2 atom stereocenters. The number of likely N-dealkylation sites (tertiary alicyclic amines) is 1. The second kappa shape index (κ2) is 9.87. The molecule has 9 nitrogen and oxygen atoms in total. The van der Waals surface area contributed by atoms with E-state index in [1.807, 2.05) is 18.2 Å². The van der Waals surface area contributed by atoms with Gasteiger partial charge in [-0.25, -0.2) is 0 Å². The molecular formula is C29H33N5O4. The van der Waals surface area contributed by atoms with Gasteiger partial charge in [-0.3, -0.25) is 29.4 Å². The number of carbonyl (C=O) groups excluding carboxylic acids is 4. The molecule has 0 spiro atoms. The van der Waals surface area contributed by atoms with Crippen LogP contribution in [0.3, 0.4) is 0 Å². The predicted octanol–water partition coefficient (Wildman–Crippen LogP) is 2.38. The molecule has 3 saturated heterocycles. The van der Waals surface area contributed by atoms with Gasteiger partial charge in [-0.1, -0.05) is 12.1 Å². The van der Waals surface area contributed by atoms with E-state index in [9.17, 15) is 19.2 Å². The van der Waals surface area contributed by atoms with Gasteiger partial charge in [-0.2, -0.15) is 0 Å². The highest BCUT2D eigenvalue weighted by atomic mass is 16.2. The Morgan fingerprint density at radius 2 is 1.58 bits per heavy atom. The van der Waals surface area contributed by atoms with Crippen LogP contribution in [0.5, 0.6) is 0 Å². The van der Waals surface area contributed by atoms with Crippen molar-refractivity contribution >= 4 is 35.0 Å². The Morgan fingerprint density at radius 3 is 2.32 bits per heavy atom. The summed E-state index contributed by atoms with van der Waals surface area (Å²) in [6.07, 6.45) is 3.68. The number of anilines is 2. The summed E-state index contributed by atoms with van der Waals surface area (Å²) >= 11 is 0. The zero-order chi connectivity index (χ0) is 26.4. The van der Waals surface area contributed by atoms with E-state index < -0.39 is 23.8 Å². The number of carbonyl (C=O) groups is 4. The molecule has 2 aromatic carbocycles. The van der Waals surface area contributed by atoms with E-state index in [1.165, 1.54) is 5.56 Å². The second-order valence-electron chi connectivity index (χ2n) is 11.0. The lowest BCUT2D eigenvalue weighted by molar-refractivity contribution is -0.136. The van der Waals surface area contributed by atoms with E-state index in [4.69, 9.17) is 5.73 Å². The summed E-state index contributed by atoms with van der Waals surface area (Å²) in [5.41, 5.74) is 9.62. The molecule has 1 unspecified atom stereocenters. The number of hydrogen-bond acceptors (Lipinski definition) is 7. The lowest BCUT2D eigenvalue weighted by Crippen LogP contribution is -2.54. The lowest BCUT2D eigenvalue weighted by Gasteiger charge is -2.33. The first-order valence-electron chi connectivity index (χ1n) is 13.6. The molecule has 3 fully saturated rings. The first-order valence-corrected chi connectivity index (χ1v) is 13.6. The van der Waals surface area contributed by atoms with Crippen molar-refractivity contribution in [2.75, 3.05) is 43.4 Å². The van der Waals surface area contributed by atoms with Crippen LogP contribution in [-0.4, -0.2) is 72.2 Å². The minimum atomic E-state index is -0.941. The van der Waals surface area contributed by atoms with Gasteiger partial charge in [0.15, 0.2) is 0 Å². The van der Waals surface area contributed by atoms with Crippen molar-refractivity contribution in [3.8, 4) is 0 Å². The second-order valence-corrected chi connectivity index (χ2v) is 11.0. The maximum Gasteiger partial charge on any atom is 0.262 e.